The normalized spacial score (nSPS) is 14.2. The zero-order chi connectivity index (χ0) is 25.2. The second-order valence-corrected chi connectivity index (χ2v) is 10.1. The molecule has 1 aromatic carbocycles. The number of aromatic nitrogens is 4. The van der Waals surface area contributed by atoms with Crippen LogP contribution in [0, 0.1) is 5.82 Å². The summed E-state index contributed by atoms with van der Waals surface area (Å²) >= 11 is 1.48. The van der Waals surface area contributed by atoms with E-state index in [4.69, 9.17) is 4.74 Å². The maximum Gasteiger partial charge on any atom is 0.230 e. The van der Waals surface area contributed by atoms with Crippen molar-refractivity contribution >= 4 is 28.0 Å². The van der Waals surface area contributed by atoms with Crippen molar-refractivity contribution in [1.82, 2.24) is 19.4 Å². The van der Waals surface area contributed by atoms with E-state index in [1.165, 1.54) is 17.4 Å². The fourth-order valence-electron chi connectivity index (χ4n) is 4.62. The summed E-state index contributed by atoms with van der Waals surface area (Å²) in [5.41, 5.74) is 4.63. The number of carbonyl (C=O) groups excluding carboxylic acids is 1. The van der Waals surface area contributed by atoms with E-state index in [-0.39, 0.29) is 12.3 Å². The highest BCUT2D eigenvalue weighted by molar-refractivity contribution is 7.15. The van der Waals surface area contributed by atoms with Gasteiger partial charge in [0.2, 0.25) is 5.91 Å². The number of thiazole rings is 1. The van der Waals surface area contributed by atoms with Crippen LogP contribution in [0.3, 0.4) is 0 Å². The summed E-state index contributed by atoms with van der Waals surface area (Å²) in [7, 11) is 0. The van der Waals surface area contributed by atoms with Gasteiger partial charge in [0.1, 0.15) is 11.5 Å². The van der Waals surface area contributed by atoms with E-state index in [9.17, 15) is 4.79 Å². The van der Waals surface area contributed by atoms with Crippen molar-refractivity contribution in [2.75, 3.05) is 18.5 Å². The molecule has 6 rings (SSSR count). The Balaban J connectivity index is 1.15. The van der Waals surface area contributed by atoms with Crippen molar-refractivity contribution in [1.29, 1.82) is 0 Å². The molecule has 5 heterocycles. The minimum Gasteiger partial charge on any atom is -0.381 e. The van der Waals surface area contributed by atoms with Crippen LogP contribution in [0.1, 0.15) is 29.2 Å². The van der Waals surface area contributed by atoms with Gasteiger partial charge in [0.05, 0.1) is 18.3 Å². The number of hydrogen-bond acceptors (Lipinski definition) is 6. The Morgan fingerprint density at radius 1 is 1.03 bits per heavy atom. The lowest BCUT2D eigenvalue weighted by molar-refractivity contribution is -0.115. The molecule has 0 unspecified atom stereocenters. The smallest absolute Gasteiger partial charge is 0.230 e. The Kier molecular flexibility index (Phi) is 6.46. The van der Waals surface area contributed by atoms with Crippen molar-refractivity contribution in [2.24, 2.45) is 0 Å². The minimum atomic E-state index is -0.432. The number of fused-ring (bicyclic) bond motifs is 1. The van der Waals surface area contributed by atoms with E-state index in [1.807, 2.05) is 47.1 Å². The zero-order valence-corrected chi connectivity index (χ0v) is 20.7. The number of ether oxygens (including phenoxy) is 1. The molecular weight excluding hydrogens is 489 g/mol. The molecule has 0 atom stereocenters. The Morgan fingerprint density at radius 2 is 1.86 bits per heavy atom. The molecule has 9 heteroatoms. The zero-order valence-electron chi connectivity index (χ0n) is 19.9. The summed E-state index contributed by atoms with van der Waals surface area (Å²) in [6.07, 6.45) is 10.8. The first-order valence-electron chi connectivity index (χ1n) is 12.1. The first-order chi connectivity index (χ1) is 18.1. The summed E-state index contributed by atoms with van der Waals surface area (Å²) in [6, 6.07) is 12.8. The number of rotatable bonds is 6. The van der Waals surface area contributed by atoms with Gasteiger partial charge in [0.15, 0.2) is 5.13 Å². The standard InChI is InChI=1S/C28H24FN5O2S/c29-23-13-22(24-16-31-26-14-20(5-10-34(24)26)18-3-8-30-9-4-18)2-1-21(23)15-27(35)33-28-32-17-25(37-28)19-6-11-36-12-7-19/h1-5,8-10,13-14,16-17,19H,6-7,11-12,15H2,(H,32,33,35). The van der Waals surface area contributed by atoms with Crippen molar-refractivity contribution in [2.45, 2.75) is 25.2 Å². The number of nitrogens with zero attached hydrogens (tertiary/aromatic N) is 4. The molecule has 0 aliphatic carbocycles. The molecular formula is C28H24FN5O2S. The van der Waals surface area contributed by atoms with Crippen LogP contribution in [0.4, 0.5) is 9.52 Å². The summed E-state index contributed by atoms with van der Waals surface area (Å²) in [4.78, 5) is 26.7. The molecule has 7 nitrogen and oxygen atoms in total. The van der Waals surface area contributed by atoms with Crippen molar-refractivity contribution in [3.8, 4) is 22.4 Å². The second kappa shape index (κ2) is 10.2. The monoisotopic (exact) mass is 513 g/mol. The lowest BCUT2D eigenvalue weighted by Gasteiger charge is -2.20. The Morgan fingerprint density at radius 3 is 2.68 bits per heavy atom. The molecule has 1 aliphatic heterocycles. The van der Waals surface area contributed by atoms with Crippen LogP contribution in [0.25, 0.3) is 28.0 Å². The topological polar surface area (TPSA) is 81.4 Å². The molecule has 4 aromatic heterocycles. The number of nitrogens with one attached hydrogen (secondary N) is 1. The fraction of sp³-hybridized carbons (Fsp3) is 0.214. The van der Waals surface area contributed by atoms with Gasteiger partial charge in [-0.3, -0.25) is 14.2 Å². The first kappa shape index (κ1) is 23.4. The number of hydrogen-bond donors (Lipinski definition) is 1. The molecule has 1 amide bonds. The number of benzene rings is 1. The third kappa shape index (κ3) is 5.00. The number of carbonyl (C=O) groups is 1. The largest absolute Gasteiger partial charge is 0.381 e. The van der Waals surface area contributed by atoms with E-state index in [0.717, 1.165) is 53.4 Å². The predicted molar refractivity (Wildman–Crippen MR) is 141 cm³/mol. The van der Waals surface area contributed by atoms with Gasteiger partial charge in [0.25, 0.3) is 0 Å². The molecule has 37 heavy (non-hydrogen) atoms. The van der Waals surface area contributed by atoms with Gasteiger partial charge < -0.3 is 10.1 Å². The maximum atomic E-state index is 15.0. The van der Waals surface area contributed by atoms with Gasteiger partial charge in [-0.2, -0.15) is 0 Å². The molecule has 0 saturated carbocycles. The van der Waals surface area contributed by atoms with Gasteiger partial charge >= 0.3 is 0 Å². The first-order valence-corrected chi connectivity index (χ1v) is 13.0. The molecule has 5 aromatic rings. The van der Waals surface area contributed by atoms with Crippen molar-refractivity contribution < 1.29 is 13.9 Å². The minimum absolute atomic E-state index is 0.0687. The maximum absolute atomic E-state index is 15.0. The molecule has 0 radical (unpaired) electrons. The van der Waals surface area contributed by atoms with Crippen LogP contribution in [-0.2, 0) is 16.0 Å². The van der Waals surface area contributed by atoms with Gasteiger partial charge in [-0.05, 0) is 65.8 Å². The van der Waals surface area contributed by atoms with E-state index >= 15 is 4.39 Å². The fourth-order valence-corrected chi connectivity index (χ4v) is 5.62. The second-order valence-electron chi connectivity index (χ2n) is 9.01. The van der Waals surface area contributed by atoms with Crippen LogP contribution < -0.4 is 5.32 Å². The molecule has 1 N–H and O–H groups in total. The average Bonchev–Trinajstić information content (AvgIpc) is 3.58. The van der Waals surface area contributed by atoms with Gasteiger partial charge in [-0.25, -0.2) is 14.4 Å². The van der Waals surface area contributed by atoms with Gasteiger partial charge in [-0.15, -0.1) is 11.3 Å². The number of amides is 1. The number of anilines is 1. The Hall–Kier alpha value is -3.95. The van der Waals surface area contributed by atoms with Crippen LogP contribution in [0.2, 0.25) is 0 Å². The molecule has 1 aliphatic rings. The summed E-state index contributed by atoms with van der Waals surface area (Å²) < 4.78 is 22.4. The third-order valence-corrected chi connectivity index (χ3v) is 7.70. The SMILES string of the molecule is O=C(Cc1ccc(-c2cnc3cc(-c4ccncc4)ccn23)cc1F)Nc1ncc(C2CCOCC2)s1. The lowest BCUT2D eigenvalue weighted by Crippen LogP contribution is -2.15. The van der Waals surface area contributed by atoms with E-state index in [2.05, 4.69) is 20.3 Å². The Labute approximate surface area is 217 Å². The Bertz CT molecular complexity index is 1560. The van der Waals surface area contributed by atoms with E-state index in [0.29, 0.717) is 22.2 Å². The van der Waals surface area contributed by atoms with Crippen LogP contribution in [-0.4, -0.2) is 38.5 Å². The summed E-state index contributed by atoms with van der Waals surface area (Å²) in [5, 5.41) is 3.36. The predicted octanol–water partition coefficient (Wildman–Crippen LogP) is 5.73. The highest BCUT2D eigenvalue weighted by Gasteiger charge is 2.19. The number of halogens is 1. The van der Waals surface area contributed by atoms with Gasteiger partial charge in [0, 0.05) is 48.4 Å². The summed E-state index contributed by atoms with van der Waals surface area (Å²) in [5.74, 6) is -0.306. The number of imidazole rings is 1. The highest BCUT2D eigenvalue weighted by Crippen LogP contribution is 2.33. The molecule has 1 fully saturated rings. The third-order valence-electron chi connectivity index (χ3n) is 6.62. The average molecular weight is 514 g/mol. The highest BCUT2D eigenvalue weighted by atomic mass is 32.1. The number of pyridine rings is 2. The quantitative estimate of drug-likeness (QED) is 0.313. The van der Waals surface area contributed by atoms with Crippen LogP contribution >= 0.6 is 11.3 Å². The van der Waals surface area contributed by atoms with Crippen molar-refractivity contribution in [3.63, 3.8) is 0 Å². The molecule has 0 bridgehead atoms. The molecule has 0 spiro atoms. The summed E-state index contributed by atoms with van der Waals surface area (Å²) in [6.45, 7) is 1.50. The lowest BCUT2D eigenvalue weighted by atomic mass is 9.99. The van der Waals surface area contributed by atoms with Crippen LogP contribution in [0.15, 0.2) is 73.4 Å². The van der Waals surface area contributed by atoms with E-state index in [1.54, 1.807) is 24.7 Å². The molecule has 1 saturated heterocycles. The molecule has 186 valence electrons. The van der Waals surface area contributed by atoms with Gasteiger partial charge in [-0.1, -0.05) is 12.1 Å². The van der Waals surface area contributed by atoms with E-state index < -0.39 is 5.82 Å². The van der Waals surface area contributed by atoms with Crippen molar-refractivity contribution in [3.05, 3.63) is 89.7 Å². The van der Waals surface area contributed by atoms with Crippen LogP contribution in [0.5, 0.6) is 0 Å².